The van der Waals surface area contributed by atoms with Gasteiger partial charge in [-0.05, 0) is 23.6 Å². The van der Waals surface area contributed by atoms with Crippen LogP contribution in [0.3, 0.4) is 0 Å². The minimum atomic E-state index is -0.703. The van der Waals surface area contributed by atoms with Gasteiger partial charge in [0, 0.05) is 10.2 Å². The number of benzene rings is 1. The van der Waals surface area contributed by atoms with Crippen LogP contribution < -0.4 is 5.73 Å². The van der Waals surface area contributed by atoms with Crippen molar-refractivity contribution in [2.24, 2.45) is 5.41 Å². The van der Waals surface area contributed by atoms with E-state index in [2.05, 4.69) is 15.9 Å². The quantitative estimate of drug-likeness (QED) is 0.664. The number of aliphatic hydroxyl groups excluding tert-OH is 1. The van der Waals surface area contributed by atoms with Crippen molar-refractivity contribution >= 4 is 27.6 Å². The summed E-state index contributed by atoms with van der Waals surface area (Å²) in [6.45, 7) is 5.60. The molecule has 1 aromatic carbocycles. The topological polar surface area (TPSA) is 72.5 Å². The van der Waals surface area contributed by atoms with Crippen LogP contribution in [0.25, 0.3) is 0 Å². The summed E-state index contributed by atoms with van der Waals surface area (Å²) in [4.78, 5) is 11.8. The average molecular weight is 316 g/mol. The Morgan fingerprint density at radius 1 is 1.44 bits per heavy atom. The van der Waals surface area contributed by atoms with Crippen LogP contribution in [0.5, 0.6) is 0 Å². The molecule has 100 valence electrons. The Hall–Kier alpha value is -1.07. The number of carbonyl (C=O) groups is 1. The molecular formula is C13H18BrNO3. The molecule has 1 rings (SSSR count). The van der Waals surface area contributed by atoms with Gasteiger partial charge in [0.15, 0.2) is 0 Å². The molecule has 0 saturated carbocycles. The number of aliphatic hydroxyl groups is 1. The molecule has 18 heavy (non-hydrogen) atoms. The predicted octanol–water partition coefficient (Wildman–Crippen LogP) is 2.60. The number of nitrogens with two attached hydrogens (primary N) is 1. The smallest absolute Gasteiger partial charge is 0.338 e. The summed E-state index contributed by atoms with van der Waals surface area (Å²) >= 11 is 3.26. The lowest BCUT2D eigenvalue weighted by molar-refractivity contribution is -0.0104. The van der Waals surface area contributed by atoms with E-state index in [0.717, 1.165) is 0 Å². The van der Waals surface area contributed by atoms with Gasteiger partial charge >= 0.3 is 5.97 Å². The first kappa shape index (κ1) is 15.0. The summed E-state index contributed by atoms with van der Waals surface area (Å²) in [5.41, 5.74) is 6.16. The number of rotatable bonds is 3. The zero-order valence-corrected chi connectivity index (χ0v) is 12.3. The summed E-state index contributed by atoms with van der Waals surface area (Å²) in [5.74, 6) is -0.494. The molecule has 0 saturated heterocycles. The zero-order chi connectivity index (χ0) is 13.9. The third kappa shape index (κ3) is 4.31. The summed E-state index contributed by atoms with van der Waals surface area (Å²) in [6, 6.07) is 4.86. The molecule has 5 heteroatoms. The molecule has 4 nitrogen and oxygen atoms in total. The molecule has 0 aliphatic rings. The van der Waals surface area contributed by atoms with Gasteiger partial charge in [-0.1, -0.05) is 36.7 Å². The lowest BCUT2D eigenvalue weighted by Crippen LogP contribution is -2.31. The highest BCUT2D eigenvalue weighted by Gasteiger charge is 2.23. The van der Waals surface area contributed by atoms with Crippen molar-refractivity contribution in [3.8, 4) is 0 Å². The van der Waals surface area contributed by atoms with Gasteiger partial charge < -0.3 is 15.6 Å². The molecule has 0 fully saturated rings. The molecule has 0 bridgehead atoms. The number of halogens is 1. The van der Waals surface area contributed by atoms with Gasteiger partial charge in [-0.15, -0.1) is 0 Å². The van der Waals surface area contributed by atoms with Crippen LogP contribution in [0, 0.1) is 5.41 Å². The molecule has 0 aliphatic heterocycles. The zero-order valence-electron chi connectivity index (χ0n) is 10.7. The van der Waals surface area contributed by atoms with Crippen molar-refractivity contribution in [2.45, 2.75) is 26.9 Å². The third-order valence-corrected chi connectivity index (χ3v) is 2.99. The van der Waals surface area contributed by atoms with Gasteiger partial charge in [0.05, 0.1) is 11.7 Å². The monoisotopic (exact) mass is 315 g/mol. The van der Waals surface area contributed by atoms with Crippen LogP contribution in [0.2, 0.25) is 0 Å². The lowest BCUT2D eigenvalue weighted by Gasteiger charge is -2.25. The Bertz CT molecular complexity index is 420. The Morgan fingerprint density at radius 3 is 2.56 bits per heavy atom. The number of esters is 1. The van der Waals surface area contributed by atoms with Crippen molar-refractivity contribution in [3.05, 3.63) is 28.2 Å². The molecule has 0 spiro atoms. The van der Waals surface area contributed by atoms with E-state index in [-0.39, 0.29) is 12.0 Å². The van der Waals surface area contributed by atoms with Gasteiger partial charge in [-0.3, -0.25) is 0 Å². The normalized spacial score (nSPS) is 13.2. The van der Waals surface area contributed by atoms with E-state index in [4.69, 9.17) is 10.5 Å². The van der Waals surface area contributed by atoms with Crippen LogP contribution in [0.15, 0.2) is 22.7 Å². The second-order valence-electron chi connectivity index (χ2n) is 5.25. The largest absolute Gasteiger partial charge is 0.459 e. The van der Waals surface area contributed by atoms with E-state index in [0.29, 0.717) is 15.7 Å². The fourth-order valence-corrected chi connectivity index (χ4v) is 1.73. The van der Waals surface area contributed by atoms with Gasteiger partial charge in [-0.2, -0.15) is 0 Å². The van der Waals surface area contributed by atoms with Gasteiger partial charge in [-0.25, -0.2) is 4.79 Å². The molecule has 0 aromatic heterocycles. The number of carbonyl (C=O) groups excluding carboxylic acids is 1. The molecule has 1 aromatic rings. The molecule has 1 unspecified atom stereocenters. The highest BCUT2D eigenvalue weighted by Crippen LogP contribution is 2.21. The first-order valence-corrected chi connectivity index (χ1v) is 6.40. The van der Waals surface area contributed by atoms with Gasteiger partial charge in [0.1, 0.15) is 6.61 Å². The second kappa shape index (κ2) is 5.71. The summed E-state index contributed by atoms with van der Waals surface area (Å²) in [5, 5.41) is 9.78. The summed E-state index contributed by atoms with van der Waals surface area (Å²) in [6.07, 6.45) is -0.703. The van der Waals surface area contributed by atoms with Gasteiger partial charge in [0.25, 0.3) is 0 Å². The fraction of sp³-hybridized carbons (Fsp3) is 0.462. The van der Waals surface area contributed by atoms with Gasteiger partial charge in [0.2, 0.25) is 0 Å². The maximum Gasteiger partial charge on any atom is 0.338 e. The predicted molar refractivity (Wildman–Crippen MR) is 74.3 cm³/mol. The fourth-order valence-electron chi connectivity index (χ4n) is 1.22. The molecule has 0 aliphatic carbocycles. The SMILES string of the molecule is CC(C)(C)C(O)COC(=O)c1cc(N)cc(Br)c1. The highest BCUT2D eigenvalue weighted by molar-refractivity contribution is 9.10. The minimum absolute atomic E-state index is 0.0330. The second-order valence-corrected chi connectivity index (χ2v) is 6.17. The standard InChI is InChI=1S/C13H18BrNO3/c1-13(2,3)11(16)7-18-12(17)8-4-9(14)6-10(15)5-8/h4-6,11,16H,7,15H2,1-3H3. The van der Waals surface area contributed by atoms with Crippen molar-refractivity contribution in [1.29, 1.82) is 0 Å². The Kier molecular flexibility index (Phi) is 4.76. The van der Waals surface area contributed by atoms with Crippen molar-refractivity contribution < 1.29 is 14.6 Å². The van der Waals surface area contributed by atoms with Crippen LogP contribution in [0.4, 0.5) is 5.69 Å². The van der Waals surface area contributed by atoms with Crippen LogP contribution >= 0.6 is 15.9 Å². The Morgan fingerprint density at radius 2 is 2.06 bits per heavy atom. The minimum Gasteiger partial charge on any atom is -0.459 e. The number of hydrogen-bond acceptors (Lipinski definition) is 4. The summed E-state index contributed by atoms with van der Waals surface area (Å²) < 4.78 is 5.77. The maximum absolute atomic E-state index is 11.8. The van der Waals surface area contributed by atoms with E-state index in [9.17, 15) is 9.90 Å². The van der Waals surface area contributed by atoms with E-state index >= 15 is 0 Å². The van der Waals surface area contributed by atoms with E-state index < -0.39 is 12.1 Å². The number of nitrogen functional groups attached to an aromatic ring is 1. The molecule has 3 N–H and O–H groups in total. The van der Waals surface area contributed by atoms with E-state index in [1.165, 1.54) is 6.07 Å². The Labute approximate surface area is 115 Å². The van der Waals surface area contributed by atoms with Crippen LogP contribution in [-0.2, 0) is 4.74 Å². The molecule has 1 atom stereocenters. The number of anilines is 1. The molecule has 0 amide bonds. The van der Waals surface area contributed by atoms with Crippen LogP contribution in [0.1, 0.15) is 31.1 Å². The first-order valence-electron chi connectivity index (χ1n) is 5.61. The highest BCUT2D eigenvalue weighted by atomic mass is 79.9. The average Bonchev–Trinajstić information content (AvgIpc) is 2.22. The number of hydrogen-bond donors (Lipinski definition) is 2. The van der Waals surface area contributed by atoms with Crippen LogP contribution in [-0.4, -0.2) is 23.8 Å². The lowest BCUT2D eigenvalue weighted by atomic mass is 9.90. The Balaban J connectivity index is 2.66. The van der Waals surface area contributed by atoms with Crippen molar-refractivity contribution in [1.82, 2.24) is 0 Å². The van der Waals surface area contributed by atoms with Crippen molar-refractivity contribution in [2.75, 3.05) is 12.3 Å². The third-order valence-electron chi connectivity index (χ3n) is 2.53. The molecule has 0 radical (unpaired) electrons. The number of ether oxygens (including phenoxy) is 1. The first-order chi connectivity index (χ1) is 8.20. The maximum atomic E-state index is 11.8. The molecule has 0 heterocycles. The van der Waals surface area contributed by atoms with Crippen molar-refractivity contribution in [3.63, 3.8) is 0 Å². The van der Waals surface area contributed by atoms with E-state index in [1.54, 1.807) is 12.1 Å². The molecular weight excluding hydrogens is 298 g/mol. The van der Waals surface area contributed by atoms with E-state index in [1.807, 2.05) is 20.8 Å². The summed E-state index contributed by atoms with van der Waals surface area (Å²) in [7, 11) is 0.